The number of thiazole rings is 1. The molecule has 0 spiro atoms. The smallest absolute Gasteiger partial charge is 0.150 e. The quantitative estimate of drug-likeness (QED) is 0.521. The first-order valence-corrected chi connectivity index (χ1v) is 14.1. The fraction of sp³-hybridized carbons (Fsp3) is 0.615. The minimum Gasteiger partial charge on any atom is -0.304 e. The number of aromatic nitrogens is 3. The van der Waals surface area contributed by atoms with E-state index in [1.807, 2.05) is 3.97 Å². The number of likely N-dealkylation sites (tertiary alicyclic amines) is 1. The normalized spacial score (nSPS) is 27.7. The molecule has 1 aliphatic carbocycles. The SMILES string of the molecule is CN1CCN([C@H]2CC[C@H](c3cnc4c(c3)c(-c3csc(C5CCCN5C)n3)cn4S)CC2)CC1. The molecule has 6 nitrogen and oxygen atoms in total. The van der Waals surface area contributed by atoms with E-state index in [1.165, 1.54) is 87.2 Å². The molecule has 1 saturated carbocycles. The van der Waals surface area contributed by atoms with Crippen molar-refractivity contribution < 1.29 is 0 Å². The van der Waals surface area contributed by atoms with E-state index < -0.39 is 0 Å². The van der Waals surface area contributed by atoms with Crippen LogP contribution in [0.4, 0.5) is 0 Å². The van der Waals surface area contributed by atoms with Crippen molar-refractivity contribution in [1.82, 2.24) is 28.6 Å². The maximum atomic E-state index is 5.08. The molecule has 6 rings (SSSR count). The average Bonchev–Trinajstić information content (AvgIpc) is 3.58. The van der Waals surface area contributed by atoms with Crippen molar-refractivity contribution in [1.29, 1.82) is 0 Å². The van der Waals surface area contributed by atoms with Crippen molar-refractivity contribution >= 4 is 35.2 Å². The van der Waals surface area contributed by atoms with Crippen LogP contribution in [0.5, 0.6) is 0 Å². The molecule has 0 aromatic carbocycles. The Morgan fingerprint density at radius 1 is 1.00 bits per heavy atom. The highest BCUT2D eigenvalue weighted by molar-refractivity contribution is 7.78. The number of nitrogens with zero attached hydrogens (tertiary/aromatic N) is 6. The number of fused-ring (bicyclic) bond motifs is 1. The lowest BCUT2D eigenvalue weighted by Gasteiger charge is -2.41. The van der Waals surface area contributed by atoms with E-state index in [4.69, 9.17) is 9.97 Å². The lowest BCUT2D eigenvalue weighted by atomic mass is 9.81. The Hall–Kier alpha value is -1.45. The molecule has 3 aromatic rings. The molecular formula is C26H36N6S2. The van der Waals surface area contributed by atoms with Gasteiger partial charge >= 0.3 is 0 Å². The second-order valence-electron chi connectivity index (χ2n) is 10.6. The van der Waals surface area contributed by atoms with Crippen LogP contribution in [0.2, 0.25) is 0 Å². The van der Waals surface area contributed by atoms with E-state index in [0.29, 0.717) is 12.0 Å². The molecule has 0 amide bonds. The van der Waals surface area contributed by atoms with Gasteiger partial charge in [-0.3, -0.25) is 13.8 Å². The number of piperazine rings is 1. The Labute approximate surface area is 212 Å². The summed E-state index contributed by atoms with van der Waals surface area (Å²) in [6.45, 7) is 6.04. The van der Waals surface area contributed by atoms with Gasteiger partial charge in [0, 0.05) is 60.9 Å². The van der Waals surface area contributed by atoms with E-state index in [9.17, 15) is 0 Å². The highest BCUT2D eigenvalue weighted by Gasteiger charge is 2.29. The molecule has 0 radical (unpaired) electrons. The Bertz CT molecular complexity index is 1140. The number of pyridine rings is 1. The highest BCUT2D eigenvalue weighted by Crippen LogP contribution is 2.39. The Morgan fingerprint density at radius 2 is 1.79 bits per heavy atom. The van der Waals surface area contributed by atoms with Crippen molar-refractivity contribution in [3.05, 3.63) is 34.4 Å². The van der Waals surface area contributed by atoms with Crippen molar-refractivity contribution in [3.8, 4) is 11.3 Å². The van der Waals surface area contributed by atoms with Gasteiger partial charge in [-0.2, -0.15) is 0 Å². The summed E-state index contributed by atoms with van der Waals surface area (Å²) in [5, 5.41) is 4.64. The van der Waals surface area contributed by atoms with Gasteiger partial charge in [0.25, 0.3) is 0 Å². The largest absolute Gasteiger partial charge is 0.304 e. The summed E-state index contributed by atoms with van der Waals surface area (Å²) in [5.41, 5.74) is 4.54. The number of rotatable bonds is 4. The van der Waals surface area contributed by atoms with Crippen LogP contribution in [0.15, 0.2) is 23.8 Å². The third-order valence-electron chi connectivity index (χ3n) is 8.47. The maximum absolute atomic E-state index is 5.08. The molecule has 0 N–H and O–H groups in total. The van der Waals surface area contributed by atoms with Gasteiger partial charge in [0.15, 0.2) is 0 Å². The third-order valence-corrected chi connectivity index (χ3v) is 9.72. The second kappa shape index (κ2) is 9.54. The van der Waals surface area contributed by atoms with Crippen molar-refractivity contribution in [2.45, 2.75) is 56.5 Å². The van der Waals surface area contributed by atoms with Crippen molar-refractivity contribution in [2.75, 3.05) is 46.8 Å². The Morgan fingerprint density at radius 3 is 2.53 bits per heavy atom. The first-order chi connectivity index (χ1) is 16.6. The molecular weight excluding hydrogens is 460 g/mol. The van der Waals surface area contributed by atoms with Gasteiger partial charge in [-0.1, -0.05) is 12.8 Å². The van der Waals surface area contributed by atoms with Crippen molar-refractivity contribution in [2.24, 2.45) is 0 Å². The maximum Gasteiger partial charge on any atom is 0.150 e. The van der Waals surface area contributed by atoms with Crippen LogP contribution >= 0.6 is 24.2 Å². The van der Waals surface area contributed by atoms with Gasteiger partial charge in [0.05, 0.1) is 11.7 Å². The number of hydrogen-bond acceptors (Lipinski definition) is 7. The van der Waals surface area contributed by atoms with E-state index in [0.717, 1.165) is 22.9 Å². The molecule has 3 fully saturated rings. The lowest BCUT2D eigenvalue weighted by molar-refractivity contribution is 0.0878. The second-order valence-corrected chi connectivity index (χ2v) is 11.9. The summed E-state index contributed by atoms with van der Waals surface area (Å²) in [5.74, 6) is 0.606. The molecule has 2 saturated heterocycles. The molecule has 5 heterocycles. The standard InChI is InChI=1S/C26H36N6S2/c1-29-10-12-31(13-11-29)20-7-5-18(6-8-20)19-14-21-22(16-32(33)25(21)27-15-19)23-17-34-26(28-23)24-4-3-9-30(24)2/h14-18,20,24,33H,3-13H2,1-2H3/t18-,20-,24?. The zero-order valence-corrected chi connectivity index (χ0v) is 22.1. The summed E-state index contributed by atoms with van der Waals surface area (Å²) in [6.07, 6.45) is 11.8. The van der Waals surface area contributed by atoms with Crippen LogP contribution in [0.1, 0.15) is 61.1 Å². The zero-order chi connectivity index (χ0) is 23.2. The van der Waals surface area contributed by atoms with Crippen LogP contribution in [0, 0.1) is 0 Å². The summed E-state index contributed by atoms with van der Waals surface area (Å²) in [4.78, 5) is 17.5. The minimum absolute atomic E-state index is 0.465. The van der Waals surface area contributed by atoms with Gasteiger partial charge in [0.1, 0.15) is 10.7 Å². The summed E-state index contributed by atoms with van der Waals surface area (Å²) < 4.78 is 1.86. The monoisotopic (exact) mass is 496 g/mol. The van der Waals surface area contributed by atoms with Gasteiger partial charge < -0.3 is 4.90 Å². The molecule has 8 heteroatoms. The molecule has 1 atom stereocenters. The van der Waals surface area contributed by atoms with E-state index in [1.54, 1.807) is 11.3 Å². The molecule has 34 heavy (non-hydrogen) atoms. The van der Waals surface area contributed by atoms with E-state index in [2.05, 4.69) is 65.5 Å². The summed E-state index contributed by atoms with van der Waals surface area (Å²) in [7, 11) is 4.45. The van der Waals surface area contributed by atoms with E-state index >= 15 is 0 Å². The molecule has 182 valence electrons. The zero-order valence-electron chi connectivity index (χ0n) is 20.4. The predicted molar refractivity (Wildman–Crippen MR) is 144 cm³/mol. The van der Waals surface area contributed by atoms with Crippen LogP contribution in [-0.4, -0.2) is 81.5 Å². The third kappa shape index (κ3) is 4.32. The Kier molecular flexibility index (Phi) is 6.45. The Balaban J connectivity index is 1.21. The van der Waals surface area contributed by atoms with Gasteiger partial charge in [-0.05, 0) is 76.7 Å². The van der Waals surface area contributed by atoms with Crippen LogP contribution in [0.25, 0.3) is 22.3 Å². The van der Waals surface area contributed by atoms with Gasteiger partial charge in [0.2, 0.25) is 0 Å². The van der Waals surface area contributed by atoms with Gasteiger partial charge in [-0.25, -0.2) is 9.97 Å². The lowest BCUT2D eigenvalue weighted by Crippen LogP contribution is -2.49. The number of hydrogen-bond donors (Lipinski definition) is 1. The van der Waals surface area contributed by atoms with Crippen molar-refractivity contribution in [3.63, 3.8) is 0 Å². The molecule has 3 aliphatic rings. The summed E-state index contributed by atoms with van der Waals surface area (Å²) in [6, 6.07) is 3.61. The van der Waals surface area contributed by atoms with Crippen LogP contribution in [0.3, 0.4) is 0 Å². The molecule has 2 aliphatic heterocycles. The fourth-order valence-electron chi connectivity index (χ4n) is 6.28. The number of likely N-dealkylation sites (N-methyl/N-ethyl adjacent to an activating group) is 1. The van der Waals surface area contributed by atoms with Crippen LogP contribution in [-0.2, 0) is 0 Å². The fourth-order valence-corrected chi connectivity index (χ4v) is 7.58. The topological polar surface area (TPSA) is 40.4 Å². The summed E-state index contributed by atoms with van der Waals surface area (Å²) >= 11 is 6.47. The first kappa shape index (κ1) is 23.0. The number of thiol groups is 1. The van der Waals surface area contributed by atoms with E-state index in [-0.39, 0.29) is 0 Å². The minimum atomic E-state index is 0.465. The molecule has 3 aromatic heterocycles. The first-order valence-electron chi connectivity index (χ1n) is 12.9. The average molecular weight is 497 g/mol. The predicted octanol–water partition coefficient (Wildman–Crippen LogP) is 4.89. The van der Waals surface area contributed by atoms with Gasteiger partial charge in [-0.15, -0.1) is 11.3 Å². The van der Waals surface area contributed by atoms with Crippen LogP contribution < -0.4 is 0 Å². The highest BCUT2D eigenvalue weighted by atomic mass is 32.1. The molecule has 1 unspecified atom stereocenters. The molecule has 0 bridgehead atoms.